The molecule has 0 aliphatic carbocycles. The Morgan fingerprint density at radius 1 is 1.22 bits per heavy atom. The van der Waals surface area contributed by atoms with Crippen LogP contribution in [-0.4, -0.2) is 43.3 Å². The van der Waals surface area contributed by atoms with E-state index in [4.69, 9.17) is 9.15 Å². The Morgan fingerprint density at radius 2 is 1.97 bits per heavy atom. The molecule has 3 aromatic rings. The number of hydrogen-bond donors (Lipinski definition) is 1. The Kier molecular flexibility index (Phi) is 7.70. The van der Waals surface area contributed by atoms with Crippen molar-refractivity contribution in [2.24, 2.45) is 0 Å². The van der Waals surface area contributed by atoms with Crippen LogP contribution in [0.1, 0.15) is 32.2 Å². The van der Waals surface area contributed by atoms with E-state index in [1.807, 2.05) is 17.5 Å². The van der Waals surface area contributed by atoms with Crippen LogP contribution in [0.25, 0.3) is 10.8 Å². The molecule has 0 spiro atoms. The maximum absolute atomic E-state index is 13.1. The summed E-state index contributed by atoms with van der Waals surface area (Å²) in [5.74, 6) is 0.980. The molecule has 2 aromatic heterocycles. The minimum Gasteiger partial charge on any atom is -0.492 e. The van der Waals surface area contributed by atoms with Crippen molar-refractivity contribution in [2.45, 2.75) is 39.0 Å². The van der Waals surface area contributed by atoms with Gasteiger partial charge < -0.3 is 14.5 Å². The van der Waals surface area contributed by atoms with Gasteiger partial charge in [-0.25, -0.2) is 13.4 Å². The molecule has 0 radical (unpaired) electrons. The van der Waals surface area contributed by atoms with Crippen molar-refractivity contribution < 1.29 is 22.4 Å². The first-order chi connectivity index (χ1) is 15.3. The van der Waals surface area contributed by atoms with Crippen molar-refractivity contribution in [1.29, 1.82) is 0 Å². The molecule has 172 valence electrons. The van der Waals surface area contributed by atoms with E-state index in [0.29, 0.717) is 42.7 Å². The number of benzene rings is 1. The Balaban J connectivity index is 1.82. The summed E-state index contributed by atoms with van der Waals surface area (Å²) >= 11 is 1.51. The lowest BCUT2D eigenvalue weighted by Crippen LogP contribution is -2.31. The molecule has 8 nitrogen and oxygen atoms in total. The highest BCUT2D eigenvalue weighted by atomic mass is 32.2. The van der Waals surface area contributed by atoms with E-state index >= 15 is 0 Å². The lowest BCUT2D eigenvalue weighted by molar-refractivity contribution is -0.115. The van der Waals surface area contributed by atoms with Gasteiger partial charge in [0.1, 0.15) is 16.4 Å². The van der Waals surface area contributed by atoms with Gasteiger partial charge in [0.25, 0.3) is 0 Å². The zero-order chi connectivity index (χ0) is 23.3. The van der Waals surface area contributed by atoms with Gasteiger partial charge in [0.05, 0.1) is 23.6 Å². The molecule has 0 saturated carbocycles. The summed E-state index contributed by atoms with van der Waals surface area (Å²) in [5, 5.41) is 4.69. The smallest absolute Gasteiger partial charge is 0.246 e. The van der Waals surface area contributed by atoms with Crippen LogP contribution in [0.2, 0.25) is 0 Å². The Morgan fingerprint density at radius 3 is 2.59 bits per heavy atom. The monoisotopic (exact) mass is 477 g/mol. The molecule has 0 fully saturated rings. The molecular formula is C22H27N3O5S2. The fourth-order valence-corrected chi connectivity index (χ4v) is 5.48. The second kappa shape index (κ2) is 10.3. The standard InChI is InChI=1S/C22H27N3O5S2/c1-5-25(6-2)32(27,28)20-13-16(10-11-18(20)29-7-3)23-21(26)14-17-15(4)30-22(24-17)19-9-8-12-31-19/h8-13H,5-7,14H2,1-4H3,(H,23,26). The van der Waals surface area contributed by atoms with Gasteiger partial charge in [-0.15, -0.1) is 11.3 Å². The SMILES string of the molecule is CCOc1ccc(NC(=O)Cc2nc(-c3cccs3)oc2C)cc1S(=O)(=O)N(CC)CC. The maximum atomic E-state index is 13.1. The van der Waals surface area contributed by atoms with Crippen LogP contribution < -0.4 is 10.1 Å². The zero-order valence-electron chi connectivity index (χ0n) is 18.5. The predicted octanol–water partition coefficient (Wildman–Crippen LogP) is 4.32. The topological polar surface area (TPSA) is 102 Å². The largest absolute Gasteiger partial charge is 0.492 e. The van der Waals surface area contributed by atoms with Crippen LogP contribution in [0.4, 0.5) is 5.69 Å². The number of carbonyl (C=O) groups excluding carboxylic acids is 1. The fourth-order valence-electron chi connectivity index (χ4n) is 3.22. The van der Waals surface area contributed by atoms with Gasteiger partial charge in [-0.1, -0.05) is 19.9 Å². The minimum atomic E-state index is -3.77. The van der Waals surface area contributed by atoms with Gasteiger partial charge in [-0.05, 0) is 43.5 Å². The first kappa shape index (κ1) is 24.0. The van der Waals surface area contributed by atoms with E-state index in [-0.39, 0.29) is 23.0 Å². The second-order valence-electron chi connectivity index (χ2n) is 6.91. The lowest BCUT2D eigenvalue weighted by Gasteiger charge is -2.21. The number of thiophene rings is 1. The molecule has 3 rings (SSSR count). The predicted molar refractivity (Wildman–Crippen MR) is 125 cm³/mol. The van der Waals surface area contributed by atoms with Crippen LogP contribution in [0.5, 0.6) is 5.75 Å². The number of aromatic nitrogens is 1. The summed E-state index contributed by atoms with van der Waals surface area (Å²) in [4.78, 5) is 18.0. The van der Waals surface area contributed by atoms with Gasteiger partial charge in [-0.2, -0.15) is 4.31 Å². The molecular weight excluding hydrogens is 450 g/mol. The summed E-state index contributed by atoms with van der Waals surface area (Å²) < 4.78 is 38.7. The summed E-state index contributed by atoms with van der Waals surface area (Å²) in [5.41, 5.74) is 0.900. The van der Waals surface area contributed by atoms with E-state index in [0.717, 1.165) is 4.88 Å². The Bertz CT molecular complexity index is 1170. The fraction of sp³-hybridized carbons (Fsp3) is 0.364. The highest BCUT2D eigenvalue weighted by molar-refractivity contribution is 7.89. The number of aryl methyl sites for hydroxylation is 1. The quantitative estimate of drug-likeness (QED) is 0.467. The number of amides is 1. The average Bonchev–Trinajstić information content (AvgIpc) is 3.40. The van der Waals surface area contributed by atoms with E-state index < -0.39 is 10.0 Å². The number of hydrogen-bond acceptors (Lipinski definition) is 7. The third-order valence-electron chi connectivity index (χ3n) is 4.80. The highest BCUT2D eigenvalue weighted by Gasteiger charge is 2.26. The van der Waals surface area contributed by atoms with Crippen LogP contribution >= 0.6 is 11.3 Å². The molecule has 32 heavy (non-hydrogen) atoms. The van der Waals surface area contributed by atoms with Gasteiger partial charge >= 0.3 is 0 Å². The lowest BCUT2D eigenvalue weighted by atomic mass is 10.2. The van der Waals surface area contributed by atoms with Crippen molar-refractivity contribution in [3.63, 3.8) is 0 Å². The summed E-state index contributed by atoms with van der Waals surface area (Å²) in [7, 11) is -3.77. The minimum absolute atomic E-state index is 0.00600. The van der Waals surface area contributed by atoms with E-state index in [1.165, 1.54) is 21.7 Å². The molecule has 0 unspecified atom stereocenters. The highest BCUT2D eigenvalue weighted by Crippen LogP contribution is 2.30. The van der Waals surface area contributed by atoms with Gasteiger partial charge in [0.2, 0.25) is 21.8 Å². The van der Waals surface area contributed by atoms with Gasteiger partial charge in [0.15, 0.2) is 0 Å². The molecule has 1 amide bonds. The summed E-state index contributed by atoms with van der Waals surface area (Å²) in [6.45, 7) is 8.09. The second-order valence-corrected chi connectivity index (χ2v) is 9.76. The number of carbonyl (C=O) groups is 1. The molecule has 1 aromatic carbocycles. The van der Waals surface area contributed by atoms with Gasteiger partial charge in [0, 0.05) is 18.8 Å². The first-order valence-electron chi connectivity index (χ1n) is 10.4. The normalized spacial score (nSPS) is 11.7. The van der Waals surface area contributed by atoms with Crippen molar-refractivity contribution >= 4 is 33.0 Å². The summed E-state index contributed by atoms with van der Waals surface area (Å²) in [6.07, 6.45) is 0.00600. The number of oxazole rings is 1. The van der Waals surface area contributed by atoms with Crippen molar-refractivity contribution in [3.05, 3.63) is 47.2 Å². The maximum Gasteiger partial charge on any atom is 0.246 e. The van der Waals surface area contributed by atoms with Gasteiger partial charge in [-0.3, -0.25) is 4.79 Å². The van der Waals surface area contributed by atoms with E-state index in [1.54, 1.807) is 39.8 Å². The first-order valence-corrected chi connectivity index (χ1v) is 12.7. The van der Waals surface area contributed by atoms with Crippen molar-refractivity contribution in [3.8, 4) is 16.5 Å². The number of anilines is 1. The zero-order valence-corrected chi connectivity index (χ0v) is 20.2. The molecule has 0 atom stereocenters. The third-order valence-corrected chi connectivity index (χ3v) is 7.73. The van der Waals surface area contributed by atoms with Crippen molar-refractivity contribution in [1.82, 2.24) is 9.29 Å². The molecule has 0 aliphatic rings. The molecule has 0 aliphatic heterocycles. The van der Waals surface area contributed by atoms with E-state index in [2.05, 4.69) is 10.3 Å². The Labute approximate surface area is 192 Å². The van der Waals surface area contributed by atoms with Crippen LogP contribution in [0, 0.1) is 6.92 Å². The van der Waals surface area contributed by atoms with Crippen LogP contribution in [0.3, 0.4) is 0 Å². The number of nitrogens with one attached hydrogen (secondary N) is 1. The van der Waals surface area contributed by atoms with E-state index in [9.17, 15) is 13.2 Å². The Hall–Kier alpha value is -2.69. The molecule has 2 heterocycles. The number of sulfonamides is 1. The number of rotatable bonds is 10. The molecule has 0 bridgehead atoms. The number of nitrogens with zero attached hydrogens (tertiary/aromatic N) is 2. The van der Waals surface area contributed by atoms with Crippen molar-refractivity contribution in [2.75, 3.05) is 25.0 Å². The van der Waals surface area contributed by atoms with Crippen LogP contribution in [-0.2, 0) is 21.2 Å². The number of ether oxygens (including phenoxy) is 1. The van der Waals surface area contributed by atoms with Crippen LogP contribution in [0.15, 0.2) is 45.0 Å². The molecule has 1 N–H and O–H groups in total. The average molecular weight is 478 g/mol. The summed E-state index contributed by atoms with van der Waals surface area (Å²) in [6, 6.07) is 8.42. The molecule has 0 saturated heterocycles. The molecule has 10 heteroatoms. The third kappa shape index (κ3) is 5.20.